The molecule has 3 nitrogen and oxygen atoms in total. The molecule has 0 aromatic heterocycles. The van der Waals surface area contributed by atoms with Gasteiger partial charge in [-0.05, 0) is 13.8 Å². The monoisotopic (exact) mass is 133 g/mol. The molecule has 1 atom stereocenters. The second-order valence-electron chi connectivity index (χ2n) is 2.27. The number of aliphatic hydroxyl groups is 1. The second-order valence-corrected chi connectivity index (χ2v) is 2.27. The molecule has 3 heteroatoms. The van der Waals surface area contributed by atoms with Crippen molar-refractivity contribution in [2.24, 2.45) is 5.73 Å². The Labute approximate surface area is 55.8 Å². The van der Waals surface area contributed by atoms with Crippen LogP contribution in [0.1, 0.15) is 13.8 Å². The highest BCUT2D eigenvalue weighted by Crippen LogP contribution is 1.89. The lowest BCUT2D eigenvalue weighted by molar-refractivity contribution is 0.00963. The minimum absolute atomic E-state index is 0.172. The highest BCUT2D eigenvalue weighted by Gasteiger charge is 2.00. The fraction of sp³-hybridized carbons (Fsp3) is 1.00. The summed E-state index contributed by atoms with van der Waals surface area (Å²) in [5.74, 6) is 0. The minimum atomic E-state index is -0.507. The van der Waals surface area contributed by atoms with Crippen molar-refractivity contribution in [1.29, 1.82) is 0 Å². The third-order valence-corrected chi connectivity index (χ3v) is 0.894. The Morgan fingerprint density at radius 2 is 2.11 bits per heavy atom. The Morgan fingerprint density at radius 1 is 1.56 bits per heavy atom. The van der Waals surface area contributed by atoms with Crippen LogP contribution in [0.4, 0.5) is 0 Å². The van der Waals surface area contributed by atoms with E-state index in [2.05, 4.69) is 0 Å². The summed E-state index contributed by atoms with van der Waals surface area (Å²) >= 11 is 0. The number of rotatable bonds is 4. The number of hydrogen-bond acceptors (Lipinski definition) is 3. The first-order valence-electron chi connectivity index (χ1n) is 3.16. The van der Waals surface area contributed by atoms with Crippen LogP contribution in [0.2, 0.25) is 0 Å². The molecule has 0 fully saturated rings. The smallest absolute Gasteiger partial charge is 0.0895 e. The predicted octanol–water partition coefficient (Wildman–Crippen LogP) is -0.269. The summed E-state index contributed by atoms with van der Waals surface area (Å²) in [5.41, 5.74) is 5.13. The van der Waals surface area contributed by atoms with Gasteiger partial charge in [0.15, 0.2) is 0 Å². The van der Waals surface area contributed by atoms with E-state index >= 15 is 0 Å². The van der Waals surface area contributed by atoms with Gasteiger partial charge in [-0.2, -0.15) is 0 Å². The van der Waals surface area contributed by atoms with Crippen molar-refractivity contribution in [3.05, 3.63) is 0 Å². The van der Waals surface area contributed by atoms with Crippen LogP contribution in [0.15, 0.2) is 0 Å². The van der Waals surface area contributed by atoms with Crippen molar-refractivity contribution in [2.45, 2.75) is 26.1 Å². The maximum Gasteiger partial charge on any atom is 0.0895 e. The highest BCUT2D eigenvalue weighted by molar-refractivity contribution is 4.52. The van der Waals surface area contributed by atoms with Gasteiger partial charge in [-0.1, -0.05) is 0 Å². The van der Waals surface area contributed by atoms with Gasteiger partial charge in [0.25, 0.3) is 0 Å². The van der Waals surface area contributed by atoms with Gasteiger partial charge in [0.2, 0.25) is 0 Å². The molecular formula is C6H15NO2. The summed E-state index contributed by atoms with van der Waals surface area (Å²) < 4.78 is 5.06. The van der Waals surface area contributed by atoms with Crippen molar-refractivity contribution in [3.8, 4) is 0 Å². The molecule has 0 aromatic rings. The number of hydrogen-bond donors (Lipinski definition) is 2. The van der Waals surface area contributed by atoms with E-state index in [0.717, 1.165) is 0 Å². The Balaban J connectivity index is 3.06. The van der Waals surface area contributed by atoms with E-state index in [-0.39, 0.29) is 12.6 Å². The number of nitrogens with two attached hydrogens (primary N) is 1. The van der Waals surface area contributed by atoms with E-state index in [4.69, 9.17) is 15.6 Å². The molecule has 0 aliphatic rings. The summed E-state index contributed by atoms with van der Waals surface area (Å²) in [7, 11) is 0. The second kappa shape index (κ2) is 4.73. The zero-order chi connectivity index (χ0) is 7.28. The zero-order valence-electron chi connectivity index (χ0n) is 6.00. The Kier molecular flexibility index (Phi) is 4.67. The first kappa shape index (κ1) is 8.88. The Bertz CT molecular complexity index is 66.1. The summed E-state index contributed by atoms with van der Waals surface area (Å²) in [4.78, 5) is 0. The van der Waals surface area contributed by atoms with Gasteiger partial charge < -0.3 is 15.6 Å². The SMILES string of the molecule is CC(C)OC[C@@H](O)CN. The third kappa shape index (κ3) is 5.76. The molecule has 0 saturated heterocycles. The largest absolute Gasteiger partial charge is 0.389 e. The number of aliphatic hydroxyl groups excluding tert-OH is 1. The topological polar surface area (TPSA) is 55.5 Å². The first-order chi connectivity index (χ1) is 4.16. The minimum Gasteiger partial charge on any atom is -0.389 e. The Hall–Kier alpha value is -0.120. The molecule has 9 heavy (non-hydrogen) atoms. The zero-order valence-corrected chi connectivity index (χ0v) is 6.00. The van der Waals surface area contributed by atoms with Crippen molar-refractivity contribution >= 4 is 0 Å². The summed E-state index contributed by atoms with van der Waals surface area (Å²) in [6, 6.07) is 0. The standard InChI is InChI=1S/C6H15NO2/c1-5(2)9-4-6(8)3-7/h5-6,8H,3-4,7H2,1-2H3/t6-/m0/s1. The lowest BCUT2D eigenvalue weighted by atomic mass is 10.4. The fourth-order valence-electron chi connectivity index (χ4n) is 0.372. The molecule has 0 radical (unpaired) electrons. The first-order valence-corrected chi connectivity index (χ1v) is 3.16. The quantitative estimate of drug-likeness (QED) is 0.555. The molecular weight excluding hydrogens is 118 g/mol. The average molecular weight is 133 g/mol. The van der Waals surface area contributed by atoms with Crippen LogP contribution in [-0.2, 0) is 4.74 Å². The van der Waals surface area contributed by atoms with E-state index in [0.29, 0.717) is 6.61 Å². The average Bonchev–Trinajstić information content (AvgIpc) is 1.83. The van der Waals surface area contributed by atoms with Crippen molar-refractivity contribution in [1.82, 2.24) is 0 Å². The van der Waals surface area contributed by atoms with Crippen LogP contribution in [0.25, 0.3) is 0 Å². The van der Waals surface area contributed by atoms with Crippen LogP contribution < -0.4 is 5.73 Å². The van der Waals surface area contributed by atoms with Gasteiger partial charge in [0.1, 0.15) is 0 Å². The van der Waals surface area contributed by atoms with Crippen LogP contribution in [-0.4, -0.2) is 30.5 Å². The van der Waals surface area contributed by atoms with E-state index in [1.807, 2.05) is 13.8 Å². The normalized spacial score (nSPS) is 14.3. The lowest BCUT2D eigenvalue weighted by Crippen LogP contribution is -2.26. The molecule has 0 aliphatic heterocycles. The number of ether oxygens (including phenoxy) is 1. The van der Waals surface area contributed by atoms with E-state index in [1.54, 1.807) is 0 Å². The molecule has 0 spiro atoms. The fourth-order valence-corrected chi connectivity index (χ4v) is 0.372. The molecule has 0 bridgehead atoms. The van der Waals surface area contributed by atoms with Gasteiger partial charge in [-0.15, -0.1) is 0 Å². The van der Waals surface area contributed by atoms with Crippen molar-refractivity contribution < 1.29 is 9.84 Å². The third-order valence-electron chi connectivity index (χ3n) is 0.894. The molecule has 0 saturated carbocycles. The van der Waals surface area contributed by atoms with Crippen molar-refractivity contribution in [2.75, 3.05) is 13.2 Å². The maximum atomic E-state index is 8.86. The van der Waals surface area contributed by atoms with Gasteiger partial charge in [0.05, 0.1) is 18.8 Å². The van der Waals surface area contributed by atoms with Crippen LogP contribution in [0, 0.1) is 0 Å². The highest BCUT2D eigenvalue weighted by atomic mass is 16.5. The molecule has 0 rings (SSSR count). The van der Waals surface area contributed by atoms with Gasteiger partial charge >= 0.3 is 0 Å². The molecule has 0 heterocycles. The molecule has 0 aromatic carbocycles. The maximum absolute atomic E-state index is 8.86. The predicted molar refractivity (Wildman–Crippen MR) is 36.1 cm³/mol. The van der Waals surface area contributed by atoms with Crippen LogP contribution in [0.3, 0.4) is 0 Å². The van der Waals surface area contributed by atoms with Gasteiger partial charge in [-0.3, -0.25) is 0 Å². The molecule has 56 valence electrons. The molecule has 0 unspecified atom stereocenters. The molecule has 3 N–H and O–H groups in total. The molecule has 0 amide bonds. The van der Waals surface area contributed by atoms with Gasteiger partial charge in [0, 0.05) is 6.54 Å². The van der Waals surface area contributed by atoms with Crippen LogP contribution >= 0.6 is 0 Å². The van der Waals surface area contributed by atoms with Gasteiger partial charge in [-0.25, -0.2) is 0 Å². The Morgan fingerprint density at radius 3 is 2.44 bits per heavy atom. The van der Waals surface area contributed by atoms with Crippen molar-refractivity contribution in [3.63, 3.8) is 0 Å². The molecule has 0 aliphatic carbocycles. The lowest BCUT2D eigenvalue weighted by Gasteiger charge is -2.10. The summed E-state index contributed by atoms with van der Waals surface area (Å²) in [6.45, 7) is 4.45. The van der Waals surface area contributed by atoms with E-state index < -0.39 is 6.10 Å². The van der Waals surface area contributed by atoms with Crippen LogP contribution in [0.5, 0.6) is 0 Å². The van der Waals surface area contributed by atoms with E-state index in [1.165, 1.54) is 0 Å². The summed E-state index contributed by atoms with van der Waals surface area (Å²) in [6.07, 6.45) is -0.335. The van der Waals surface area contributed by atoms with E-state index in [9.17, 15) is 0 Å². The summed E-state index contributed by atoms with van der Waals surface area (Å²) in [5, 5.41) is 8.86.